The van der Waals surface area contributed by atoms with Gasteiger partial charge in [0.2, 0.25) is 0 Å². The van der Waals surface area contributed by atoms with E-state index < -0.39 is 0 Å². The highest BCUT2D eigenvalue weighted by molar-refractivity contribution is 5.29. The van der Waals surface area contributed by atoms with Crippen molar-refractivity contribution in [2.24, 2.45) is 0 Å². The van der Waals surface area contributed by atoms with E-state index in [9.17, 15) is 0 Å². The lowest BCUT2D eigenvalue weighted by molar-refractivity contribution is -0.165. The predicted molar refractivity (Wildman–Crippen MR) is 111 cm³/mol. The molecule has 3 rings (SSSR count). The Morgan fingerprint density at radius 1 is 1.14 bits per heavy atom. The summed E-state index contributed by atoms with van der Waals surface area (Å²) in [6, 6.07) is 8.55. The molecular formula is C22H36N2O5. The molecule has 1 aromatic carbocycles. The number of rotatable bonds is 12. The largest absolute Gasteiger partial charge is 0.491 e. The van der Waals surface area contributed by atoms with Crippen LogP contribution in [0.25, 0.3) is 0 Å². The third-order valence-electron chi connectivity index (χ3n) is 5.54. The number of nitrogens with one attached hydrogen (secondary N) is 1. The maximum Gasteiger partial charge on any atom is 0.157 e. The van der Waals surface area contributed by atoms with E-state index in [-0.39, 0.29) is 25.0 Å². The number of benzene rings is 1. The maximum absolute atomic E-state index is 8.90. The summed E-state index contributed by atoms with van der Waals surface area (Å²) in [7, 11) is 2.00. The molecule has 3 atom stereocenters. The Balaban J connectivity index is 1.38. The second-order valence-electron chi connectivity index (χ2n) is 7.69. The monoisotopic (exact) mass is 408 g/mol. The first-order valence-corrected chi connectivity index (χ1v) is 10.9. The zero-order valence-corrected chi connectivity index (χ0v) is 17.6. The van der Waals surface area contributed by atoms with E-state index in [2.05, 4.69) is 22.3 Å². The maximum atomic E-state index is 8.90. The van der Waals surface area contributed by atoms with E-state index in [1.54, 1.807) is 0 Å². The molecular weight excluding hydrogens is 372 g/mol. The van der Waals surface area contributed by atoms with Crippen molar-refractivity contribution in [2.75, 3.05) is 59.7 Å². The standard InChI is InChI=1S/C22H36N2O5/c1-23-21(17-24-10-9-20(16-24)26-13-11-25)18-5-7-19(8-6-18)27-14-15-29-22-4-2-3-12-28-22/h5-8,20-23,25H,2-4,9-17H2,1H3/t20-,21+,22?/m0/s1. The zero-order chi connectivity index (χ0) is 20.3. The number of aliphatic hydroxyl groups is 1. The lowest BCUT2D eigenvalue weighted by atomic mass is 10.1. The summed E-state index contributed by atoms with van der Waals surface area (Å²) in [4.78, 5) is 2.41. The number of likely N-dealkylation sites (N-methyl/N-ethyl adjacent to an activating group) is 1. The summed E-state index contributed by atoms with van der Waals surface area (Å²) in [6.45, 7) is 5.26. The number of hydrogen-bond acceptors (Lipinski definition) is 7. The summed E-state index contributed by atoms with van der Waals surface area (Å²) >= 11 is 0. The molecule has 0 bridgehead atoms. The molecule has 2 saturated heterocycles. The van der Waals surface area contributed by atoms with Crippen LogP contribution in [0.5, 0.6) is 5.75 Å². The van der Waals surface area contributed by atoms with E-state index >= 15 is 0 Å². The fourth-order valence-electron chi connectivity index (χ4n) is 3.92. The summed E-state index contributed by atoms with van der Waals surface area (Å²) in [5, 5.41) is 12.3. The van der Waals surface area contributed by atoms with Gasteiger partial charge in [-0.2, -0.15) is 0 Å². The Labute approximate surface area is 174 Å². The minimum atomic E-state index is -0.0645. The number of ether oxygens (including phenoxy) is 4. The van der Waals surface area contributed by atoms with Gasteiger partial charge in [0.25, 0.3) is 0 Å². The van der Waals surface area contributed by atoms with Gasteiger partial charge in [-0.15, -0.1) is 0 Å². The summed E-state index contributed by atoms with van der Waals surface area (Å²) in [5.41, 5.74) is 1.24. The number of nitrogens with zero attached hydrogens (tertiary/aromatic N) is 1. The van der Waals surface area contributed by atoms with Crippen LogP contribution >= 0.6 is 0 Å². The molecule has 2 N–H and O–H groups in total. The van der Waals surface area contributed by atoms with Gasteiger partial charge in [0.15, 0.2) is 6.29 Å². The lowest BCUT2D eigenvalue weighted by Crippen LogP contribution is -2.33. The molecule has 0 spiro atoms. The second-order valence-corrected chi connectivity index (χ2v) is 7.69. The molecule has 0 amide bonds. The molecule has 164 valence electrons. The van der Waals surface area contributed by atoms with Crippen LogP contribution in [0, 0.1) is 0 Å². The third-order valence-corrected chi connectivity index (χ3v) is 5.54. The first kappa shape index (κ1) is 22.5. The Morgan fingerprint density at radius 2 is 2.00 bits per heavy atom. The molecule has 0 aromatic heterocycles. The number of hydrogen-bond donors (Lipinski definition) is 2. The van der Waals surface area contributed by atoms with Gasteiger partial charge in [0, 0.05) is 32.3 Å². The summed E-state index contributed by atoms with van der Waals surface area (Å²) in [6.07, 6.45) is 4.48. The number of aliphatic hydroxyl groups excluding tert-OH is 1. The normalized spacial score (nSPS) is 23.9. The number of likely N-dealkylation sites (tertiary alicyclic amines) is 1. The van der Waals surface area contributed by atoms with Crippen LogP contribution in [-0.2, 0) is 14.2 Å². The van der Waals surface area contributed by atoms with E-state index in [1.165, 1.54) is 12.0 Å². The van der Waals surface area contributed by atoms with Gasteiger partial charge in [-0.05, 0) is 50.4 Å². The first-order chi connectivity index (χ1) is 14.3. The van der Waals surface area contributed by atoms with E-state index in [4.69, 9.17) is 24.1 Å². The van der Waals surface area contributed by atoms with Crippen molar-refractivity contribution in [1.82, 2.24) is 10.2 Å². The molecule has 29 heavy (non-hydrogen) atoms. The minimum Gasteiger partial charge on any atom is -0.491 e. The van der Waals surface area contributed by atoms with Gasteiger partial charge >= 0.3 is 0 Å². The molecule has 2 aliphatic heterocycles. The van der Waals surface area contributed by atoms with Crippen molar-refractivity contribution in [3.8, 4) is 5.75 Å². The average molecular weight is 409 g/mol. The Hall–Kier alpha value is -1.22. The van der Waals surface area contributed by atoms with Crippen molar-refractivity contribution in [3.63, 3.8) is 0 Å². The predicted octanol–water partition coefficient (Wildman–Crippen LogP) is 1.95. The van der Waals surface area contributed by atoms with Crippen molar-refractivity contribution in [2.45, 2.75) is 44.1 Å². The van der Waals surface area contributed by atoms with Crippen molar-refractivity contribution < 1.29 is 24.1 Å². The van der Waals surface area contributed by atoms with E-state index in [0.717, 1.165) is 51.3 Å². The van der Waals surface area contributed by atoms with Crippen LogP contribution in [0.1, 0.15) is 37.3 Å². The summed E-state index contributed by atoms with van der Waals surface area (Å²) in [5.74, 6) is 0.857. The van der Waals surface area contributed by atoms with Crippen LogP contribution in [0.3, 0.4) is 0 Å². The molecule has 2 fully saturated rings. The second kappa shape index (κ2) is 12.5. The van der Waals surface area contributed by atoms with Gasteiger partial charge in [-0.3, -0.25) is 4.90 Å². The SMILES string of the molecule is CN[C@H](CN1CC[C@H](OCCO)C1)c1ccc(OCCOC2CCCCO2)cc1. The minimum absolute atomic E-state index is 0.0645. The molecule has 0 saturated carbocycles. The van der Waals surface area contributed by atoms with Crippen LogP contribution in [0.2, 0.25) is 0 Å². The van der Waals surface area contributed by atoms with Gasteiger partial charge in [0.05, 0.1) is 25.9 Å². The van der Waals surface area contributed by atoms with Crippen molar-refractivity contribution in [3.05, 3.63) is 29.8 Å². The van der Waals surface area contributed by atoms with Gasteiger partial charge in [-0.1, -0.05) is 12.1 Å². The van der Waals surface area contributed by atoms with Crippen molar-refractivity contribution >= 4 is 0 Å². The third kappa shape index (κ3) is 7.51. The Kier molecular flexibility index (Phi) is 9.66. The van der Waals surface area contributed by atoms with Gasteiger partial charge < -0.3 is 29.4 Å². The first-order valence-electron chi connectivity index (χ1n) is 10.9. The molecule has 2 aliphatic rings. The fraction of sp³-hybridized carbons (Fsp3) is 0.727. The van der Waals surface area contributed by atoms with Gasteiger partial charge in [-0.25, -0.2) is 0 Å². The quantitative estimate of drug-likeness (QED) is 0.512. The topological polar surface area (TPSA) is 72.4 Å². The molecule has 1 unspecified atom stereocenters. The van der Waals surface area contributed by atoms with Crippen LogP contribution < -0.4 is 10.1 Å². The highest BCUT2D eigenvalue weighted by Gasteiger charge is 2.25. The molecule has 0 radical (unpaired) electrons. The highest BCUT2D eigenvalue weighted by Crippen LogP contribution is 2.21. The molecule has 2 heterocycles. The van der Waals surface area contributed by atoms with E-state index in [1.807, 2.05) is 19.2 Å². The highest BCUT2D eigenvalue weighted by atomic mass is 16.7. The zero-order valence-electron chi connectivity index (χ0n) is 17.6. The average Bonchev–Trinajstić information content (AvgIpc) is 3.22. The van der Waals surface area contributed by atoms with Crippen LogP contribution in [0.15, 0.2) is 24.3 Å². The van der Waals surface area contributed by atoms with E-state index in [0.29, 0.717) is 19.8 Å². The molecule has 7 nitrogen and oxygen atoms in total. The molecule has 7 heteroatoms. The van der Waals surface area contributed by atoms with Gasteiger partial charge in [0.1, 0.15) is 12.4 Å². The Bertz CT molecular complexity index is 565. The summed E-state index contributed by atoms with van der Waals surface area (Å²) < 4.78 is 22.7. The van der Waals surface area contributed by atoms with Crippen LogP contribution in [-0.4, -0.2) is 82.1 Å². The van der Waals surface area contributed by atoms with Crippen LogP contribution in [0.4, 0.5) is 0 Å². The fourth-order valence-corrected chi connectivity index (χ4v) is 3.92. The Morgan fingerprint density at radius 3 is 2.72 bits per heavy atom. The smallest absolute Gasteiger partial charge is 0.157 e. The van der Waals surface area contributed by atoms with Crippen molar-refractivity contribution in [1.29, 1.82) is 0 Å². The lowest BCUT2D eigenvalue weighted by Gasteiger charge is -2.24. The molecule has 0 aliphatic carbocycles. The molecule has 1 aromatic rings.